The van der Waals surface area contributed by atoms with Gasteiger partial charge in [-0.1, -0.05) is 24.6 Å². The second kappa shape index (κ2) is 8.05. The summed E-state index contributed by atoms with van der Waals surface area (Å²) in [5.41, 5.74) is 1.25. The number of unbranched alkanes of at least 4 members (excludes halogenated alkanes) is 1. The molecule has 24 heavy (non-hydrogen) atoms. The molecule has 1 aromatic heterocycles. The van der Waals surface area contributed by atoms with Gasteiger partial charge in [0.25, 0.3) is 5.89 Å². The second-order valence-electron chi connectivity index (χ2n) is 6.04. The second-order valence-corrected chi connectivity index (χ2v) is 6.04. The highest BCUT2D eigenvalue weighted by molar-refractivity contribution is 6.27. The highest BCUT2D eigenvalue weighted by Gasteiger charge is 2.37. The Morgan fingerprint density at radius 1 is 1.33 bits per heavy atom. The molecule has 2 bridgehead atoms. The van der Waals surface area contributed by atoms with E-state index in [-0.39, 0.29) is 0 Å². The maximum Gasteiger partial charge on any atom is 0.414 e. The standard InChI is InChI=1S/C14H21N3O.C2H2O4/c1-3-4-5-13-15-14(18-16-13)11-8-6-10-7-9-12(11)17(10)2;3-1(4)2(5)6/h8,10,12H,3-7,9H2,1-2H3;(H,3,4)(H,5,6). The van der Waals surface area contributed by atoms with E-state index in [0.717, 1.165) is 37.0 Å². The SMILES string of the molecule is CCCCc1noc(C2=CCC3CCC2N3C)n1.O=C(O)C(=O)O. The molecule has 0 amide bonds. The first kappa shape index (κ1) is 18.1. The normalized spacial score (nSPS) is 22.5. The molecular formula is C16H23N3O5. The van der Waals surface area contributed by atoms with Crippen LogP contribution in [0.25, 0.3) is 5.57 Å². The van der Waals surface area contributed by atoms with E-state index in [1.807, 2.05) is 0 Å². The quantitative estimate of drug-likeness (QED) is 0.799. The van der Waals surface area contributed by atoms with Crippen LogP contribution in [0, 0.1) is 0 Å². The smallest absolute Gasteiger partial charge is 0.414 e. The molecule has 8 nitrogen and oxygen atoms in total. The summed E-state index contributed by atoms with van der Waals surface area (Å²) < 4.78 is 5.44. The molecule has 0 aromatic carbocycles. The van der Waals surface area contributed by atoms with Crippen molar-refractivity contribution in [1.82, 2.24) is 15.0 Å². The molecule has 1 aromatic rings. The first-order valence-corrected chi connectivity index (χ1v) is 8.15. The Morgan fingerprint density at radius 2 is 2.04 bits per heavy atom. The molecule has 2 aliphatic rings. The van der Waals surface area contributed by atoms with Crippen molar-refractivity contribution >= 4 is 17.5 Å². The lowest BCUT2D eigenvalue weighted by atomic mass is 10.0. The monoisotopic (exact) mass is 337 g/mol. The van der Waals surface area contributed by atoms with E-state index < -0.39 is 11.9 Å². The van der Waals surface area contributed by atoms with Crippen LogP contribution in [0.1, 0.15) is 50.7 Å². The molecule has 0 radical (unpaired) electrons. The van der Waals surface area contributed by atoms with Crippen molar-refractivity contribution in [3.05, 3.63) is 17.8 Å². The predicted molar refractivity (Wildman–Crippen MR) is 85.3 cm³/mol. The lowest BCUT2D eigenvalue weighted by Crippen LogP contribution is -2.35. The van der Waals surface area contributed by atoms with Crippen LogP contribution in [0.2, 0.25) is 0 Å². The number of fused-ring (bicyclic) bond motifs is 2. The Kier molecular flexibility index (Phi) is 6.08. The van der Waals surface area contributed by atoms with Crippen LogP contribution in [0.3, 0.4) is 0 Å². The van der Waals surface area contributed by atoms with Crippen LogP contribution in [0.5, 0.6) is 0 Å². The maximum absolute atomic E-state index is 9.10. The van der Waals surface area contributed by atoms with Crippen molar-refractivity contribution in [2.45, 2.75) is 57.5 Å². The predicted octanol–water partition coefficient (Wildman–Crippen LogP) is 1.82. The number of nitrogens with zero attached hydrogens (tertiary/aromatic N) is 3. The van der Waals surface area contributed by atoms with Gasteiger partial charge >= 0.3 is 11.9 Å². The molecule has 1 saturated heterocycles. The van der Waals surface area contributed by atoms with E-state index in [4.69, 9.17) is 24.3 Å². The van der Waals surface area contributed by atoms with Gasteiger partial charge in [0.05, 0.1) is 0 Å². The number of carboxylic acid groups (broad SMARTS) is 2. The fourth-order valence-corrected chi connectivity index (χ4v) is 3.11. The minimum absolute atomic E-state index is 0.489. The van der Waals surface area contributed by atoms with E-state index in [1.165, 1.54) is 24.8 Å². The molecule has 2 unspecified atom stereocenters. The third-order valence-electron chi connectivity index (χ3n) is 4.46. The summed E-state index contributed by atoms with van der Waals surface area (Å²) >= 11 is 0. The van der Waals surface area contributed by atoms with Gasteiger partial charge in [-0.25, -0.2) is 9.59 Å². The molecule has 0 aliphatic carbocycles. The largest absolute Gasteiger partial charge is 0.473 e. The minimum atomic E-state index is -1.82. The van der Waals surface area contributed by atoms with Gasteiger partial charge in [0.2, 0.25) is 0 Å². The highest BCUT2D eigenvalue weighted by atomic mass is 16.5. The summed E-state index contributed by atoms with van der Waals surface area (Å²) in [4.78, 5) is 25.2. The van der Waals surface area contributed by atoms with Crippen LogP contribution < -0.4 is 0 Å². The first-order chi connectivity index (χ1) is 11.4. The Balaban J connectivity index is 0.000000301. The molecule has 1 fully saturated rings. The van der Waals surface area contributed by atoms with Crippen molar-refractivity contribution in [2.75, 3.05) is 7.05 Å². The van der Waals surface area contributed by atoms with Crippen molar-refractivity contribution in [3.8, 4) is 0 Å². The van der Waals surface area contributed by atoms with Crippen molar-refractivity contribution in [2.24, 2.45) is 0 Å². The molecule has 132 valence electrons. The Bertz CT molecular complexity index is 613. The average Bonchev–Trinajstić information content (AvgIpc) is 3.08. The summed E-state index contributed by atoms with van der Waals surface area (Å²) in [6.45, 7) is 2.18. The number of hydrogen-bond donors (Lipinski definition) is 2. The van der Waals surface area contributed by atoms with Crippen LogP contribution >= 0.6 is 0 Å². The number of likely N-dealkylation sites (N-methyl/N-ethyl adjacent to an activating group) is 1. The van der Waals surface area contributed by atoms with E-state index in [1.54, 1.807) is 0 Å². The molecule has 2 aliphatic heterocycles. The average molecular weight is 337 g/mol. The van der Waals surface area contributed by atoms with Gasteiger partial charge in [-0.15, -0.1) is 0 Å². The molecule has 3 heterocycles. The molecule has 8 heteroatoms. The molecule has 0 spiro atoms. The van der Waals surface area contributed by atoms with Crippen LogP contribution in [0.15, 0.2) is 10.6 Å². The summed E-state index contributed by atoms with van der Waals surface area (Å²) in [6.07, 6.45) is 9.16. The topological polar surface area (TPSA) is 117 Å². The number of hydrogen-bond acceptors (Lipinski definition) is 6. The third kappa shape index (κ3) is 4.19. The summed E-state index contributed by atoms with van der Waals surface area (Å²) in [7, 11) is 2.21. The fraction of sp³-hybridized carbons (Fsp3) is 0.625. The Labute approximate surface area is 140 Å². The van der Waals surface area contributed by atoms with E-state index >= 15 is 0 Å². The van der Waals surface area contributed by atoms with E-state index in [2.05, 4.69) is 35.1 Å². The summed E-state index contributed by atoms with van der Waals surface area (Å²) in [5.74, 6) is -2.04. The van der Waals surface area contributed by atoms with Crippen molar-refractivity contribution < 1.29 is 24.3 Å². The number of aryl methyl sites for hydroxylation is 1. The Hall–Kier alpha value is -2.22. The lowest BCUT2D eigenvalue weighted by Gasteiger charge is -2.29. The molecule has 3 rings (SSSR count). The van der Waals surface area contributed by atoms with Gasteiger partial charge in [0.15, 0.2) is 5.82 Å². The number of aliphatic carboxylic acids is 2. The number of carboxylic acids is 2. The maximum atomic E-state index is 9.10. The van der Waals surface area contributed by atoms with Crippen LogP contribution in [-0.4, -0.2) is 56.3 Å². The molecule has 2 N–H and O–H groups in total. The lowest BCUT2D eigenvalue weighted by molar-refractivity contribution is -0.159. The van der Waals surface area contributed by atoms with Gasteiger partial charge in [-0.3, -0.25) is 4.90 Å². The zero-order valence-corrected chi connectivity index (χ0v) is 13.9. The molecule has 0 saturated carbocycles. The van der Waals surface area contributed by atoms with Crippen molar-refractivity contribution in [1.29, 1.82) is 0 Å². The van der Waals surface area contributed by atoms with E-state index in [9.17, 15) is 0 Å². The van der Waals surface area contributed by atoms with Crippen molar-refractivity contribution in [3.63, 3.8) is 0 Å². The number of carbonyl (C=O) groups is 2. The summed E-state index contributed by atoms with van der Waals surface area (Å²) in [5, 5.41) is 18.9. The van der Waals surface area contributed by atoms with E-state index in [0.29, 0.717) is 6.04 Å². The minimum Gasteiger partial charge on any atom is -0.473 e. The van der Waals surface area contributed by atoms with Gasteiger partial charge in [0, 0.05) is 24.1 Å². The number of rotatable bonds is 4. The number of aromatic nitrogens is 2. The first-order valence-electron chi connectivity index (χ1n) is 8.15. The summed E-state index contributed by atoms with van der Waals surface area (Å²) in [6, 6.07) is 1.21. The van der Waals surface area contributed by atoms with Crippen LogP contribution in [-0.2, 0) is 16.0 Å². The Morgan fingerprint density at radius 3 is 2.67 bits per heavy atom. The third-order valence-corrected chi connectivity index (χ3v) is 4.46. The molecule has 2 atom stereocenters. The van der Waals surface area contributed by atoms with Gasteiger partial charge < -0.3 is 14.7 Å². The molecular weight excluding hydrogens is 314 g/mol. The zero-order chi connectivity index (χ0) is 17.7. The van der Waals surface area contributed by atoms with Gasteiger partial charge in [-0.05, 0) is 32.7 Å². The zero-order valence-electron chi connectivity index (χ0n) is 13.9. The fourth-order valence-electron chi connectivity index (χ4n) is 3.11. The van der Waals surface area contributed by atoms with Gasteiger partial charge in [-0.2, -0.15) is 4.98 Å². The van der Waals surface area contributed by atoms with Gasteiger partial charge in [0.1, 0.15) is 0 Å². The van der Waals surface area contributed by atoms with Crippen LogP contribution in [0.4, 0.5) is 0 Å². The highest BCUT2D eigenvalue weighted by Crippen LogP contribution is 2.38.